The van der Waals surface area contributed by atoms with E-state index in [0.29, 0.717) is 6.54 Å². The number of carbonyl (C=O) groups excluding carboxylic acids is 1. The van der Waals surface area contributed by atoms with Crippen molar-refractivity contribution < 1.29 is 14.7 Å². The summed E-state index contributed by atoms with van der Waals surface area (Å²) in [5, 5.41) is 12.9. The van der Waals surface area contributed by atoms with Gasteiger partial charge < -0.3 is 16.2 Å². The van der Waals surface area contributed by atoms with Gasteiger partial charge in [0.1, 0.15) is 6.04 Å². The summed E-state index contributed by atoms with van der Waals surface area (Å²) in [5.41, 5.74) is 5.33. The Morgan fingerprint density at radius 1 is 1.25 bits per heavy atom. The Morgan fingerprint density at radius 2 is 1.90 bits per heavy atom. The standard InChI is InChI=1S/C14H26N2O3S/c1-2-3-4-5-6-7-9-16-13(17)8-10-20-11-12(15)14(18)19/h8,10,12H,2-7,9,11,15H2,1H3,(H,16,17)(H,18,19). The third kappa shape index (κ3) is 12.0. The van der Waals surface area contributed by atoms with Crippen LogP contribution in [0.25, 0.3) is 0 Å². The first-order valence-electron chi connectivity index (χ1n) is 7.12. The van der Waals surface area contributed by atoms with E-state index in [9.17, 15) is 9.59 Å². The highest BCUT2D eigenvalue weighted by Crippen LogP contribution is 2.05. The van der Waals surface area contributed by atoms with Crippen LogP contribution in [0.1, 0.15) is 45.4 Å². The monoisotopic (exact) mass is 302 g/mol. The second-order valence-corrected chi connectivity index (χ2v) is 5.58. The molecular weight excluding hydrogens is 276 g/mol. The van der Waals surface area contributed by atoms with Gasteiger partial charge in [-0.25, -0.2) is 0 Å². The highest BCUT2D eigenvalue weighted by atomic mass is 32.2. The molecule has 0 aliphatic heterocycles. The SMILES string of the molecule is CCCCCCCCNC(=O)C=CSCC(N)C(=O)O. The summed E-state index contributed by atoms with van der Waals surface area (Å²) >= 11 is 1.22. The summed E-state index contributed by atoms with van der Waals surface area (Å²) in [6.45, 7) is 2.88. The first-order chi connectivity index (χ1) is 9.57. The van der Waals surface area contributed by atoms with Crippen LogP contribution < -0.4 is 11.1 Å². The molecule has 1 atom stereocenters. The maximum atomic E-state index is 11.4. The van der Waals surface area contributed by atoms with E-state index in [2.05, 4.69) is 12.2 Å². The van der Waals surface area contributed by atoms with Crippen molar-refractivity contribution in [3.05, 3.63) is 11.5 Å². The molecule has 0 rings (SSSR count). The summed E-state index contributed by atoms with van der Waals surface area (Å²) in [7, 11) is 0. The fraction of sp³-hybridized carbons (Fsp3) is 0.714. The van der Waals surface area contributed by atoms with Crippen molar-refractivity contribution in [2.24, 2.45) is 5.73 Å². The summed E-state index contributed by atoms with van der Waals surface area (Å²) in [6, 6.07) is -0.893. The molecule has 0 aliphatic rings. The molecular formula is C14H26N2O3S. The minimum Gasteiger partial charge on any atom is -0.480 e. The lowest BCUT2D eigenvalue weighted by Gasteiger charge is -2.03. The Labute approximate surface area is 125 Å². The largest absolute Gasteiger partial charge is 0.480 e. The van der Waals surface area contributed by atoms with Crippen LogP contribution >= 0.6 is 11.8 Å². The van der Waals surface area contributed by atoms with Crippen molar-refractivity contribution in [3.63, 3.8) is 0 Å². The second-order valence-electron chi connectivity index (χ2n) is 4.64. The van der Waals surface area contributed by atoms with Crippen molar-refractivity contribution in [1.82, 2.24) is 5.32 Å². The third-order valence-electron chi connectivity index (χ3n) is 2.74. The number of aliphatic carboxylic acids is 1. The zero-order valence-electron chi connectivity index (χ0n) is 12.1. The lowest BCUT2D eigenvalue weighted by atomic mass is 10.1. The normalized spacial score (nSPS) is 12.5. The topological polar surface area (TPSA) is 92.4 Å². The number of hydrogen-bond donors (Lipinski definition) is 3. The Balaban J connectivity index is 3.46. The molecule has 4 N–H and O–H groups in total. The maximum Gasteiger partial charge on any atom is 0.321 e. The van der Waals surface area contributed by atoms with E-state index in [1.165, 1.54) is 43.5 Å². The van der Waals surface area contributed by atoms with Crippen LogP contribution in [0, 0.1) is 0 Å². The molecule has 0 saturated heterocycles. The number of rotatable bonds is 12. The molecule has 0 fully saturated rings. The van der Waals surface area contributed by atoms with Gasteiger partial charge in [0.2, 0.25) is 5.91 Å². The number of thioether (sulfide) groups is 1. The molecule has 1 unspecified atom stereocenters. The summed E-state index contributed by atoms with van der Waals surface area (Å²) in [6.07, 6.45) is 8.58. The Kier molecular flexibility index (Phi) is 12.3. The van der Waals surface area contributed by atoms with Gasteiger partial charge >= 0.3 is 5.97 Å². The fourth-order valence-corrected chi connectivity index (χ4v) is 2.20. The Hall–Kier alpha value is -1.01. The molecule has 0 radical (unpaired) electrons. The van der Waals surface area contributed by atoms with E-state index < -0.39 is 12.0 Å². The second kappa shape index (κ2) is 13.0. The first kappa shape index (κ1) is 19.0. The molecule has 0 aromatic carbocycles. The highest BCUT2D eigenvalue weighted by molar-refractivity contribution is 8.02. The van der Waals surface area contributed by atoms with Gasteiger partial charge in [-0.1, -0.05) is 39.0 Å². The Morgan fingerprint density at radius 3 is 2.55 bits per heavy atom. The van der Waals surface area contributed by atoms with Crippen LogP contribution in [0.15, 0.2) is 11.5 Å². The van der Waals surface area contributed by atoms with E-state index in [0.717, 1.165) is 12.8 Å². The number of unbranched alkanes of at least 4 members (excludes halogenated alkanes) is 5. The molecule has 20 heavy (non-hydrogen) atoms. The van der Waals surface area contributed by atoms with Gasteiger partial charge in [0.25, 0.3) is 0 Å². The van der Waals surface area contributed by atoms with Gasteiger partial charge in [-0.3, -0.25) is 9.59 Å². The van der Waals surface area contributed by atoms with Crippen LogP contribution in [-0.4, -0.2) is 35.3 Å². The zero-order chi connectivity index (χ0) is 15.2. The van der Waals surface area contributed by atoms with Gasteiger partial charge in [-0.2, -0.15) is 0 Å². The molecule has 0 bridgehead atoms. The minimum atomic E-state index is -1.03. The fourth-order valence-electron chi connectivity index (χ4n) is 1.52. The predicted octanol–water partition coefficient (Wildman–Crippen LogP) is 2.12. The van der Waals surface area contributed by atoms with Gasteiger partial charge in [0.05, 0.1) is 0 Å². The van der Waals surface area contributed by atoms with Crippen molar-refractivity contribution >= 4 is 23.6 Å². The molecule has 6 heteroatoms. The molecule has 1 amide bonds. The number of carbonyl (C=O) groups is 2. The van der Waals surface area contributed by atoms with Crippen molar-refractivity contribution in [2.45, 2.75) is 51.5 Å². The van der Waals surface area contributed by atoms with Crippen LogP contribution in [0.5, 0.6) is 0 Å². The highest BCUT2D eigenvalue weighted by Gasteiger charge is 2.09. The molecule has 0 saturated carbocycles. The number of nitrogens with two attached hydrogens (primary N) is 1. The lowest BCUT2D eigenvalue weighted by molar-refractivity contribution is -0.137. The number of carboxylic acids is 1. The Bertz CT molecular complexity index is 309. The zero-order valence-corrected chi connectivity index (χ0v) is 13.0. The smallest absolute Gasteiger partial charge is 0.321 e. The van der Waals surface area contributed by atoms with Crippen molar-refractivity contribution in [3.8, 4) is 0 Å². The van der Waals surface area contributed by atoms with Crippen molar-refractivity contribution in [1.29, 1.82) is 0 Å². The average Bonchev–Trinajstić information content (AvgIpc) is 2.42. The summed E-state index contributed by atoms with van der Waals surface area (Å²) in [5.74, 6) is -0.912. The van der Waals surface area contributed by atoms with Crippen LogP contribution in [-0.2, 0) is 9.59 Å². The predicted molar refractivity (Wildman–Crippen MR) is 83.6 cm³/mol. The molecule has 116 valence electrons. The molecule has 0 heterocycles. The molecule has 0 aliphatic carbocycles. The van der Waals surface area contributed by atoms with Gasteiger partial charge in [0, 0.05) is 18.4 Å². The maximum absolute atomic E-state index is 11.4. The van der Waals surface area contributed by atoms with Gasteiger partial charge in [-0.05, 0) is 11.8 Å². The van der Waals surface area contributed by atoms with E-state index in [-0.39, 0.29) is 11.7 Å². The van der Waals surface area contributed by atoms with Gasteiger partial charge in [0.15, 0.2) is 0 Å². The van der Waals surface area contributed by atoms with Crippen LogP contribution in [0.4, 0.5) is 0 Å². The first-order valence-corrected chi connectivity index (χ1v) is 8.17. The quantitative estimate of drug-likeness (QED) is 0.379. The van der Waals surface area contributed by atoms with Crippen molar-refractivity contribution in [2.75, 3.05) is 12.3 Å². The third-order valence-corrected chi connectivity index (χ3v) is 3.62. The van der Waals surface area contributed by atoms with Crippen LogP contribution in [0.2, 0.25) is 0 Å². The molecule has 0 spiro atoms. The van der Waals surface area contributed by atoms with E-state index >= 15 is 0 Å². The van der Waals surface area contributed by atoms with E-state index in [1.54, 1.807) is 5.41 Å². The summed E-state index contributed by atoms with van der Waals surface area (Å²) < 4.78 is 0. The summed E-state index contributed by atoms with van der Waals surface area (Å²) in [4.78, 5) is 21.9. The molecule has 0 aromatic heterocycles. The number of amides is 1. The minimum absolute atomic E-state index is 0.144. The van der Waals surface area contributed by atoms with Crippen LogP contribution in [0.3, 0.4) is 0 Å². The lowest BCUT2D eigenvalue weighted by Crippen LogP contribution is -2.32. The average molecular weight is 302 g/mol. The number of hydrogen-bond acceptors (Lipinski definition) is 4. The number of carboxylic acid groups (broad SMARTS) is 1. The number of nitrogens with one attached hydrogen (secondary N) is 1. The van der Waals surface area contributed by atoms with E-state index in [4.69, 9.17) is 10.8 Å². The van der Waals surface area contributed by atoms with Gasteiger partial charge in [-0.15, -0.1) is 11.8 Å². The molecule has 5 nitrogen and oxygen atoms in total. The molecule has 0 aromatic rings. The van der Waals surface area contributed by atoms with E-state index in [1.807, 2.05) is 0 Å².